The summed E-state index contributed by atoms with van der Waals surface area (Å²) in [6.45, 7) is 5.78. The number of methoxy groups -OCH3 is 3. The number of anilines is 2. The van der Waals surface area contributed by atoms with Crippen LogP contribution in [0.3, 0.4) is 0 Å². The molecule has 3 amide bonds. The molecule has 0 saturated carbocycles. The summed E-state index contributed by atoms with van der Waals surface area (Å²) in [5.41, 5.74) is 4.29. The predicted molar refractivity (Wildman–Crippen MR) is 183 cm³/mol. The molecule has 4 aromatic carbocycles. The Labute approximate surface area is 273 Å². The van der Waals surface area contributed by atoms with Gasteiger partial charge in [-0.1, -0.05) is 30.3 Å². The fraction of sp³-hybridized carbons (Fsp3) is 0.194. The zero-order valence-electron chi connectivity index (χ0n) is 26.6. The number of thioether (sulfide) groups is 1. The van der Waals surface area contributed by atoms with E-state index >= 15 is 0 Å². The number of rotatable bonds is 12. The van der Waals surface area contributed by atoms with Crippen LogP contribution >= 0.6 is 11.8 Å². The first-order chi connectivity index (χ1) is 22.1. The molecule has 0 aliphatic rings. The third-order valence-electron chi connectivity index (χ3n) is 6.97. The molecule has 0 fully saturated rings. The summed E-state index contributed by atoms with van der Waals surface area (Å²) in [5.74, 6) is 0.0943. The van der Waals surface area contributed by atoms with Crippen LogP contribution in [0.1, 0.15) is 34.0 Å². The maximum atomic E-state index is 13.6. The summed E-state index contributed by atoms with van der Waals surface area (Å²) in [6, 6.07) is 25.0. The van der Waals surface area contributed by atoms with Crippen molar-refractivity contribution in [2.75, 3.05) is 32.0 Å². The van der Waals surface area contributed by atoms with Gasteiger partial charge in [0, 0.05) is 21.8 Å². The topological polar surface area (TPSA) is 115 Å². The Balaban J connectivity index is 1.52. The second-order valence-corrected chi connectivity index (χ2v) is 11.8. The Morgan fingerprint density at radius 3 is 2.04 bits per heavy atom. The number of carbonyl (C=O) groups excluding carboxylic acids is 3. The van der Waals surface area contributed by atoms with Crippen LogP contribution in [0.15, 0.2) is 95.5 Å². The highest BCUT2D eigenvalue weighted by Gasteiger charge is 2.19. The van der Waals surface area contributed by atoms with Crippen molar-refractivity contribution in [3.8, 4) is 17.2 Å². The van der Waals surface area contributed by atoms with Crippen LogP contribution in [0.2, 0.25) is 0 Å². The van der Waals surface area contributed by atoms with Crippen LogP contribution in [0.4, 0.5) is 11.4 Å². The number of hydrogen-bond donors (Lipinski definition) is 3. The number of ether oxygens (including phenoxy) is 3. The number of aryl methyl sites for hydroxylation is 2. The lowest BCUT2D eigenvalue weighted by Gasteiger charge is -2.15. The number of benzene rings is 4. The molecular formula is C36H37N3O6S. The van der Waals surface area contributed by atoms with Gasteiger partial charge in [-0.3, -0.25) is 14.4 Å². The van der Waals surface area contributed by atoms with Crippen LogP contribution in [0.25, 0.3) is 6.08 Å². The normalized spacial score (nSPS) is 11.7. The number of carbonyl (C=O) groups is 3. The lowest BCUT2D eigenvalue weighted by molar-refractivity contribution is -0.115. The lowest BCUT2D eigenvalue weighted by Crippen LogP contribution is -2.30. The molecule has 3 N–H and O–H groups in total. The second-order valence-electron chi connectivity index (χ2n) is 10.4. The minimum Gasteiger partial charge on any atom is -0.493 e. The zero-order valence-corrected chi connectivity index (χ0v) is 27.4. The third kappa shape index (κ3) is 8.70. The van der Waals surface area contributed by atoms with Crippen molar-refractivity contribution in [3.63, 3.8) is 0 Å². The summed E-state index contributed by atoms with van der Waals surface area (Å²) >= 11 is 1.41. The van der Waals surface area contributed by atoms with E-state index in [2.05, 4.69) is 16.0 Å². The van der Waals surface area contributed by atoms with E-state index < -0.39 is 11.8 Å². The van der Waals surface area contributed by atoms with Gasteiger partial charge in [0.1, 0.15) is 5.70 Å². The molecule has 238 valence electrons. The number of nitrogens with one attached hydrogen (secondary N) is 3. The Morgan fingerprint density at radius 1 is 0.783 bits per heavy atom. The van der Waals surface area contributed by atoms with E-state index in [1.165, 1.54) is 39.2 Å². The molecule has 0 radical (unpaired) electrons. The average Bonchev–Trinajstić information content (AvgIpc) is 3.06. The summed E-state index contributed by atoms with van der Waals surface area (Å²) in [6.07, 6.45) is 1.53. The van der Waals surface area contributed by atoms with E-state index in [0.717, 1.165) is 21.7 Å². The van der Waals surface area contributed by atoms with Gasteiger partial charge in [0.05, 0.1) is 26.6 Å². The summed E-state index contributed by atoms with van der Waals surface area (Å²) in [4.78, 5) is 40.3. The molecule has 4 aromatic rings. The molecule has 0 aliphatic carbocycles. The van der Waals surface area contributed by atoms with Crippen molar-refractivity contribution in [2.45, 2.75) is 30.9 Å². The van der Waals surface area contributed by atoms with E-state index in [1.807, 2.05) is 51.1 Å². The Morgan fingerprint density at radius 2 is 1.43 bits per heavy atom. The van der Waals surface area contributed by atoms with E-state index in [1.54, 1.807) is 54.6 Å². The minimum atomic E-state index is -0.542. The fourth-order valence-corrected chi connectivity index (χ4v) is 5.34. The third-order valence-corrected chi connectivity index (χ3v) is 8.08. The highest BCUT2D eigenvalue weighted by Crippen LogP contribution is 2.38. The quantitative estimate of drug-likeness (QED) is 0.115. The van der Waals surface area contributed by atoms with Crippen LogP contribution in [-0.4, -0.2) is 44.3 Å². The zero-order chi connectivity index (χ0) is 33.2. The van der Waals surface area contributed by atoms with Crippen LogP contribution in [0, 0.1) is 13.8 Å². The Kier molecular flexibility index (Phi) is 11.5. The Hall–Kier alpha value is -5.22. The molecule has 10 heteroatoms. The smallest absolute Gasteiger partial charge is 0.272 e. The molecule has 0 saturated heterocycles. The van der Waals surface area contributed by atoms with Gasteiger partial charge >= 0.3 is 0 Å². The van der Waals surface area contributed by atoms with E-state index in [0.29, 0.717) is 34.1 Å². The molecule has 9 nitrogen and oxygen atoms in total. The number of hydrogen-bond acceptors (Lipinski definition) is 7. The molecule has 0 aliphatic heterocycles. The highest BCUT2D eigenvalue weighted by molar-refractivity contribution is 8.00. The molecule has 0 aromatic heterocycles. The standard InChI is InChI=1S/C36H37N3O6S/c1-22-12-13-23(2)29(18-22)38-34(40)24(3)46-28-16-14-27(15-17-28)37-36(42)30(39-35(41)26-10-8-7-9-11-26)19-25-20-31(43-4)33(45-6)32(21-25)44-5/h7-21,24H,1-6H3,(H,37,42)(H,38,40)(H,39,41)/b30-19-. The lowest BCUT2D eigenvalue weighted by atomic mass is 10.1. The first kappa shape index (κ1) is 33.7. The highest BCUT2D eigenvalue weighted by atomic mass is 32.2. The van der Waals surface area contributed by atoms with E-state index in [4.69, 9.17) is 14.2 Å². The van der Waals surface area contributed by atoms with Gasteiger partial charge in [0.25, 0.3) is 11.8 Å². The van der Waals surface area contributed by atoms with Crippen molar-refractivity contribution < 1.29 is 28.6 Å². The molecule has 46 heavy (non-hydrogen) atoms. The second kappa shape index (κ2) is 15.7. The van der Waals surface area contributed by atoms with Crippen molar-refractivity contribution in [1.82, 2.24) is 5.32 Å². The molecule has 4 rings (SSSR count). The van der Waals surface area contributed by atoms with Gasteiger partial charge in [-0.25, -0.2) is 0 Å². The van der Waals surface area contributed by atoms with Crippen molar-refractivity contribution in [2.24, 2.45) is 0 Å². The first-order valence-electron chi connectivity index (χ1n) is 14.5. The fourth-order valence-electron chi connectivity index (χ4n) is 4.47. The molecule has 1 unspecified atom stereocenters. The van der Waals surface area contributed by atoms with Gasteiger partial charge < -0.3 is 30.2 Å². The van der Waals surface area contributed by atoms with E-state index in [9.17, 15) is 14.4 Å². The van der Waals surface area contributed by atoms with E-state index in [-0.39, 0.29) is 16.9 Å². The molecule has 0 heterocycles. The van der Waals surface area contributed by atoms with Crippen molar-refractivity contribution in [3.05, 3.63) is 113 Å². The summed E-state index contributed by atoms with van der Waals surface area (Å²) in [5, 5.41) is 8.23. The van der Waals surface area contributed by atoms with Crippen LogP contribution in [0.5, 0.6) is 17.2 Å². The Bertz CT molecular complexity index is 1710. The summed E-state index contributed by atoms with van der Waals surface area (Å²) in [7, 11) is 4.49. The average molecular weight is 640 g/mol. The maximum Gasteiger partial charge on any atom is 0.272 e. The van der Waals surface area contributed by atoms with Gasteiger partial charge in [0.2, 0.25) is 11.7 Å². The van der Waals surface area contributed by atoms with Crippen molar-refractivity contribution in [1.29, 1.82) is 0 Å². The van der Waals surface area contributed by atoms with Crippen molar-refractivity contribution >= 4 is 46.9 Å². The summed E-state index contributed by atoms with van der Waals surface area (Å²) < 4.78 is 16.3. The van der Waals surface area contributed by atoms with Crippen LogP contribution < -0.4 is 30.2 Å². The first-order valence-corrected chi connectivity index (χ1v) is 15.3. The van der Waals surface area contributed by atoms with Crippen LogP contribution in [-0.2, 0) is 9.59 Å². The minimum absolute atomic E-state index is 0.00156. The monoisotopic (exact) mass is 639 g/mol. The molecule has 0 spiro atoms. The van der Waals surface area contributed by atoms with Gasteiger partial charge in [-0.15, -0.1) is 11.8 Å². The predicted octanol–water partition coefficient (Wildman–Crippen LogP) is 6.86. The van der Waals surface area contributed by atoms with Gasteiger partial charge in [-0.05, 0) is 98.1 Å². The molecular weight excluding hydrogens is 602 g/mol. The van der Waals surface area contributed by atoms with Gasteiger partial charge in [0.15, 0.2) is 11.5 Å². The maximum absolute atomic E-state index is 13.6. The molecule has 0 bridgehead atoms. The number of amides is 3. The largest absolute Gasteiger partial charge is 0.493 e. The SMILES string of the molecule is COc1cc(/C=C(\NC(=O)c2ccccc2)C(=O)Nc2ccc(SC(C)C(=O)Nc3cc(C)ccc3C)cc2)cc(OC)c1OC. The molecule has 1 atom stereocenters. The van der Waals surface area contributed by atoms with Gasteiger partial charge in [-0.2, -0.15) is 0 Å².